The molecule has 0 spiro atoms. The Labute approximate surface area is 117 Å². The summed E-state index contributed by atoms with van der Waals surface area (Å²) in [5.41, 5.74) is 0.249. The van der Waals surface area contributed by atoms with Crippen LogP contribution >= 0.6 is 0 Å². The van der Waals surface area contributed by atoms with E-state index in [0.717, 1.165) is 18.2 Å². The maximum absolute atomic E-state index is 13.6. The number of aliphatic hydroxyl groups excluding tert-OH is 1. The molecule has 0 unspecified atom stereocenters. The van der Waals surface area contributed by atoms with Crippen molar-refractivity contribution in [1.29, 1.82) is 0 Å². The van der Waals surface area contributed by atoms with Crippen LogP contribution in [-0.2, 0) is 6.42 Å². The smallest absolute Gasteiger partial charge is 0.159 e. The van der Waals surface area contributed by atoms with Crippen LogP contribution in [0.5, 0.6) is 5.75 Å². The first-order valence-corrected chi connectivity index (χ1v) is 6.23. The SMILES string of the molecule is O[C@H]1Cc2c(F)cc(F)cc2O[C@@H]1c1ccc(F)c(F)c1. The number of benzene rings is 2. The molecule has 1 heterocycles. The van der Waals surface area contributed by atoms with Crippen LogP contribution in [0.2, 0.25) is 0 Å². The van der Waals surface area contributed by atoms with Crippen LogP contribution in [0.15, 0.2) is 30.3 Å². The van der Waals surface area contributed by atoms with E-state index in [0.29, 0.717) is 6.07 Å². The van der Waals surface area contributed by atoms with Crippen molar-refractivity contribution >= 4 is 0 Å². The van der Waals surface area contributed by atoms with Crippen LogP contribution in [0.25, 0.3) is 0 Å². The molecule has 0 amide bonds. The number of hydrogen-bond donors (Lipinski definition) is 1. The highest BCUT2D eigenvalue weighted by atomic mass is 19.2. The third-order valence-electron chi connectivity index (χ3n) is 3.41. The van der Waals surface area contributed by atoms with Crippen molar-refractivity contribution in [2.24, 2.45) is 0 Å². The average molecular weight is 298 g/mol. The summed E-state index contributed by atoms with van der Waals surface area (Å²) in [7, 11) is 0. The van der Waals surface area contributed by atoms with Gasteiger partial charge in [0.2, 0.25) is 0 Å². The lowest BCUT2D eigenvalue weighted by Gasteiger charge is -2.31. The van der Waals surface area contributed by atoms with Crippen molar-refractivity contribution in [3.63, 3.8) is 0 Å². The van der Waals surface area contributed by atoms with Crippen molar-refractivity contribution in [2.75, 3.05) is 0 Å². The van der Waals surface area contributed by atoms with Crippen molar-refractivity contribution in [3.05, 3.63) is 64.7 Å². The Kier molecular flexibility index (Phi) is 3.33. The molecule has 1 N–H and O–H groups in total. The molecule has 6 heteroatoms. The molecule has 2 aromatic rings. The maximum atomic E-state index is 13.6. The Morgan fingerprint density at radius 3 is 2.43 bits per heavy atom. The van der Waals surface area contributed by atoms with Gasteiger partial charge in [-0.05, 0) is 17.7 Å². The highest BCUT2D eigenvalue weighted by Gasteiger charge is 2.32. The molecule has 3 rings (SSSR count). The highest BCUT2D eigenvalue weighted by molar-refractivity contribution is 5.39. The van der Waals surface area contributed by atoms with E-state index in [9.17, 15) is 22.7 Å². The molecule has 0 radical (unpaired) electrons. The molecule has 0 aliphatic carbocycles. The van der Waals surface area contributed by atoms with E-state index in [1.54, 1.807) is 0 Å². The first kappa shape index (κ1) is 13.9. The minimum atomic E-state index is -1.15. The monoisotopic (exact) mass is 298 g/mol. The summed E-state index contributed by atoms with van der Waals surface area (Å²) in [6, 6.07) is 4.75. The van der Waals surface area contributed by atoms with Gasteiger partial charge in [0, 0.05) is 24.1 Å². The van der Waals surface area contributed by atoms with Gasteiger partial charge in [-0.1, -0.05) is 6.07 Å². The van der Waals surface area contributed by atoms with E-state index in [1.165, 1.54) is 6.07 Å². The summed E-state index contributed by atoms with van der Waals surface area (Å²) in [5, 5.41) is 10.0. The van der Waals surface area contributed by atoms with Crippen LogP contribution in [0.4, 0.5) is 17.6 Å². The Morgan fingerprint density at radius 2 is 1.71 bits per heavy atom. The van der Waals surface area contributed by atoms with Gasteiger partial charge in [-0.2, -0.15) is 0 Å². The molecule has 110 valence electrons. The zero-order chi connectivity index (χ0) is 15.1. The van der Waals surface area contributed by atoms with Gasteiger partial charge in [0.05, 0.1) is 6.10 Å². The average Bonchev–Trinajstić information content (AvgIpc) is 2.42. The Balaban J connectivity index is 2.00. The fourth-order valence-corrected chi connectivity index (χ4v) is 2.39. The summed E-state index contributed by atoms with van der Waals surface area (Å²) in [6.45, 7) is 0. The van der Waals surface area contributed by atoms with E-state index < -0.39 is 35.5 Å². The lowest BCUT2D eigenvalue weighted by atomic mass is 9.94. The second kappa shape index (κ2) is 5.04. The second-order valence-electron chi connectivity index (χ2n) is 4.85. The normalized spacial score (nSPS) is 20.8. The Morgan fingerprint density at radius 1 is 0.952 bits per heavy atom. The number of ether oxygens (including phenoxy) is 1. The van der Waals surface area contributed by atoms with E-state index in [2.05, 4.69) is 0 Å². The van der Waals surface area contributed by atoms with Crippen LogP contribution < -0.4 is 4.74 Å². The number of halogens is 4. The second-order valence-corrected chi connectivity index (χ2v) is 4.85. The molecular formula is C15H10F4O2. The number of aliphatic hydroxyl groups is 1. The zero-order valence-corrected chi connectivity index (χ0v) is 10.6. The lowest BCUT2D eigenvalue weighted by molar-refractivity contribution is 0.0190. The summed E-state index contributed by atoms with van der Waals surface area (Å²) >= 11 is 0. The minimum absolute atomic E-state index is 0.0486. The molecule has 0 bridgehead atoms. The Bertz CT molecular complexity index is 702. The van der Waals surface area contributed by atoms with Crippen LogP contribution in [-0.4, -0.2) is 11.2 Å². The fraction of sp³-hybridized carbons (Fsp3) is 0.200. The van der Waals surface area contributed by atoms with E-state index in [1.807, 2.05) is 0 Å². The standard InChI is InChI=1S/C15H10F4O2/c16-8-4-11(18)9-6-13(20)15(21-14(9)5-8)7-1-2-10(17)12(19)3-7/h1-5,13,15,20H,6H2/t13-,15+/m0/s1. The van der Waals surface area contributed by atoms with E-state index in [4.69, 9.17) is 4.74 Å². The van der Waals surface area contributed by atoms with Crippen molar-refractivity contribution in [1.82, 2.24) is 0 Å². The predicted molar refractivity (Wildman–Crippen MR) is 65.8 cm³/mol. The Hall–Kier alpha value is -2.08. The number of rotatable bonds is 1. The summed E-state index contributed by atoms with van der Waals surface area (Å²) in [4.78, 5) is 0. The van der Waals surface area contributed by atoms with Crippen molar-refractivity contribution in [3.8, 4) is 5.75 Å². The van der Waals surface area contributed by atoms with Gasteiger partial charge in [-0.15, -0.1) is 0 Å². The third-order valence-corrected chi connectivity index (χ3v) is 3.41. The van der Waals surface area contributed by atoms with Gasteiger partial charge in [0.15, 0.2) is 11.6 Å². The van der Waals surface area contributed by atoms with Gasteiger partial charge >= 0.3 is 0 Å². The molecular weight excluding hydrogens is 288 g/mol. The first-order valence-electron chi connectivity index (χ1n) is 6.23. The van der Waals surface area contributed by atoms with Crippen molar-refractivity contribution in [2.45, 2.75) is 18.6 Å². The number of fused-ring (bicyclic) bond motifs is 1. The summed E-state index contributed by atoms with van der Waals surface area (Å²) < 4.78 is 58.4. The van der Waals surface area contributed by atoms with Gasteiger partial charge in [0.1, 0.15) is 23.5 Å². The molecule has 1 aliphatic heterocycles. The first-order chi connectivity index (χ1) is 9.95. The quantitative estimate of drug-likeness (QED) is 0.819. The van der Waals surface area contributed by atoms with Crippen LogP contribution in [0.1, 0.15) is 17.2 Å². The topological polar surface area (TPSA) is 29.5 Å². The largest absolute Gasteiger partial charge is 0.482 e. The third kappa shape index (κ3) is 2.47. The van der Waals surface area contributed by atoms with Crippen LogP contribution in [0, 0.1) is 23.3 Å². The molecule has 1 aliphatic rings. The fourth-order valence-electron chi connectivity index (χ4n) is 2.39. The van der Waals surface area contributed by atoms with Gasteiger partial charge in [-0.3, -0.25) is 0 Å². The van der Waals surface area contributed by atoms with Crippen LogP contribution in [0.3, 0.4) is 0 Å². The molecule has 2 nitrogen and oxygen atoms in total. The molecule has 21 heavy (non-hydrogen) atoms. The molecule has 0 fully saturated rings. The van der Waals surface area contributed by atoms with Crippen molar-refractivity contribution < 1.29 is 27.4 Å². The molecule has 2 aromatic carbocycles. The molecule has 2 atom stereocenters. The molecule has 0 aromatic heterocycles. The molecule has 0 saturated carbocycles. The minimum Gasteiger partial charge on any atom is -0.482 e. The van der Waals surface area contributed by atoms with Gasteiger partial charge in [0.25, 0.3) is 0 Å². The molecule has 0 saturated heterocycles. The van der Waals surface area contributed by atoms with E-state index in [-0.39, 0.29) is 23.3 Å². The lowest BCUT2D eigenvalue weighted by Crippen LogP contribution is -2.31. The maximum Gasteiger partial charge on any atom is 0.159 e. The zero-order valence-electron chi connectivity index (χ0n) is 10.6. The van der Waals surface area contributed by atoms with Gasteiger partial charge in [-0.25, -0.2) is 17.6 Å². The summed E-state index contributed by atoms with van der Waals surface area (Å²) in [5.74, 6) is -3.78. The van der Waals surface area contributed by atoms with Gasteiger partial charge < -0.3 is 9.84 Å². The highest BCUT2D eigenvalue weighted by Crippen LogP contribution is 2.37. The number of hydrogen-bond acceptors (Lipinski definition) is 2. The summed E-state index contributed by atoms with van der Waals surface area (Å²) in [6.07, 6.45) is -2.28. The predicted octanol–water partition coefficient (Wildman–Crippen LogP) is 3.28. The van der Waals surface area contributed by atoms with E-state index >= 15 is 0 Å².